The van der Waals surface area contributed by atoms with Gasteiger partial charge < -0.3 is 0 Å². The number of halogens is 1. The summed E-state index contributed by atoms with van der Waals surface area (Å²) in [5, 5.41) is 1.29. The van der Waals surface area contributed by atoms with Gasteiger partial charge in [-0.15, -0.1) is 35.6 Å². The minimum atomic E-state index is 0.589. The third kappa shape index (κ3) is 1.58. The number of thiol groups is 1. The Balaban J connectivity index is 2.80. The number of hydrogen-bond donors (Lipinski definition) is 1. The van der Waals surface area contributed by atoms with E-state index < -0.39 is 0 Å². The Labute approximate surface area is 91.9 Å². The van der Waals surface area contributed by atoms with E-state index in [0.29, 0.717) is 5.88 Å². The highest BCUT2D eigenvalue weighted by molar-refractivity contribution is 7.80. The lowest BCUT2D eigenvalue weighted by atomic mass is 10.1. The molecule has 3 heteroatoms. The van der Waals surface area contributed by atoms with Crippen LogP contribution in [-0.4, -0.2) is 0 Å². The maximum Gasteiger partial charge on any atom is 0.0568 e. The molecule has 0 saturated carbocycles. The lowest BCUT2D eigenvalue weighted by Crippen LogP contribution is -1.73. The van der Waals surface area contributed by atoms with Crippen molar-refractivity contribution in [3.05, 3.63) is 28.6 Å². The average Bonchev–Trinajstić information content (AvgIpc) is 2.56. The molecule has 0 nitrogen and oxygen atoms in total. The Kier molecular flexibility index (Phi) is 2.54. The van der Waals surface area contributed by atoms with E-state index in [1.165, 1.54) is 20.5 Å². The molecule has 1 aromatic carbocycles. The highest BCUT2D eigenvalue weighted by atomic mass is 35.5. The van der Waals surface area contributed by atoms with Crippen molar-refractivity contribution in [3.63, 3.8) is 0 Å². The summed E-state index contributed by atoms with van der Waals surface area (Å²) >= 11 is 11.9. The fraction of sp³-hybridized carbons (Fsp3) is 0.200. The largest absolute Gasteiger partial charge is 0.142 e. The van der Waals surface area contributed by atoms with Crippen molar-refractivity contribution in [1.82, 2.24) is 0 Å². The maximum absolute atomic E-state index is 5.79. The molecule has 2 rings (SSSR count). The first-order valence-electron chi connectivity index (χ1n) is 3.99. The smallest absolute Gasteiger partial charge is 0.0568 e. The lowest BCUT2D eigenvalue weighted by molar-refractivity contribution is 1.48. The van der Waals surface area contributed by atoms with Crippen LogP contribution in [0.2, 0.25) is 0 Å². The normalized spacial score (nSPS) is 11.0. The number of rotatable bonds is 1. The molecule has 0 aliphatic carbocycles. The predicted molar refractivity (Wildman–Crippen MR) is 63.4 cm³/mol. The quantitative estimate of drug-likeness (QED) is 0.548. The zero-order valence-corrected chi connectivity index (χ0v) is 9.64. The molecule has 0 amide bonds. The monoisotopic (exact) mass is 228 g/mol. The molecule has 68 valence electrons. The van der Waals surface area contributed by atoms with E-state index in [1.807, 2.05) is 6.07 Å². The van der Waals surface area contributed by atoms with Crippen molar-refractivity contribution in [2.45, 2.75) is 17.7 Å². The van der Waals surface area contributed by atoms with E-state index in [0.717, 1.165) is 4.90 Å². The van der Waals surface area contributed by atoms with Gasteiger partial charge >= 0.3 is 0 Å². The van der Waals surface area contributed by atoms with Crippen molar-refractivity contribution in [1.29, 1.82) is 0 Å². The summed E-state index contributed by atoms with van der Waals surface area (Å²) in [5.41, 5.74) is 1.29. The Morgan fingerprint density at radius 1 is 1.46 bits per heavy atom. The summed E-state index contributed by atoms with van der Waals surface area (Å²) in [6.07, 6.45) is 0. The first-order valence-corrected chi connectivity index (χ1v) is 5.79. The molecule has 0 radical (unpaired) electrons. The third-order valence-corrected chi connectivity index (χ3v) is 4.20. The van der Waals surface area contributed by atoms with E-state index >= 15 is 0 Å². The molecule has 1 aromatic heterocycles. The highest BCUT2D eigenvalue weighted by Crippen LogP contribution is 2.33. The number of thiophene rings is 1. The van der Waals surface area contributed by atoms with Gasteiger partial charge in [0.1, 0.15) is 0 Å². The van der Waals surface area contributed by atoms with Crippen LogP contribution in [-0.2, 0) is 5.88 Å². The van der Waals surface area contributed by atoms with Crippen LogP contribution in [0.3, 0.4) is 0 Å². The van der Waals surface area contributed by atoms with Crippen molar-refractivity contribution in [3.8, 4) is 0 Å². The van der Waals surface area contributed by atoms with Gasteiger partial charge in [-0.25, -0.2) is 0 Å². The summed E-state index contributed by atoms with van der Waals surface area (Å²) in [4.78, 5) is 2.25. The summed E-state index contributed by atoms with van der Waals surface area (Å²) in [7, 11) is 0. The van der Waals surface area contributed by atoms with Crippen molar-refractivity contribution in [2.24, 2.45) is 0 Å². The molecule has 0 aliphatic heterocycles. The first-order chi connectivity index (χ1) is 6.22. The summed E-state index contributed by atoms with van der Waals surface area (Å²) in [6.45, 7) is 2.11. The van der Waals surface area contributed by atoms with E-state index in [4.69, 9.17) is 11.6 Å². The molecule has 0 atom stereocenters. The second kappa shape index (κ2) is 3.52. The number of alkyl halides is 1. The summed E-state index contributed by atoms with van der Waals surface area (Å²) in [6, 6.07) is 6.28. The van der Waals surface area contributed by atoms with Crippen LogP contribution in [0.25, 0.3) is 10.1 Å². The van der Waals surface area contributed by atoms with E-state index in [-0.39, 0.29) is 0 Å². The van der Waals surface area contributed by atoms with Gasteiger partial charge in [0.25, 0.3) is 0 Å². The van der Waals surface area contributed by atoms with Gasteiger partial charge in [-0.2, -0.15) is 0 Å². The second-order valence-corrected chi connectivity index (χ2v) is 4.88. The Bertz CT molecular complexity index is 406. The Morgan fingerprint density at radius 2 is 2.23 bits per heavy atom. The van der Waals surface area contributed by atoms with Crippen molar-refractivity contribution >= 4 is 45.7 Å². The Morgan fingerprint density at radius 3 is 2.85 bits per heavy atom. The van der Waals surface area contributed by atoms with Crippen LogP contribution in [0.4, 0.5) is 0 Å². The van der Waals surface area contributed by atoms with E-state index in [2.05, 4.69) is 31.7 Å². The molecule has 0 bridgehead atoms. The van der Waals surface area contributed by atoms with Crippen molar-refractivity contribution in [2.75, 3.05) is 0 Å². The lowest BCUT2D eigenvalue weighted by Gasteiger charge is -1.97. The SMILES string of the molecule is Cc1ccc(S)c2sc(CCl)cc12. The molecule has 0 unspecified atom stereocenters. The fourth-order valence-electron chi connectivity index (χ4n) is 1.36. The third-order valence-electron chi connectivity index (χ3n) is 2.06. The van der Waals surface area contributed by atoms with Gasteiger partial charge in [-0.3, -0.25) is 0 Å². The topological polar surface area (TPSA) is 0 Å². The van der Waals surface area contributed by atoms with Crippen LogP contribution in [0.15, 0.2) is 23.1 Å². The van der Waals surface area contributed by atoms with Gasteiger partial charge in [-0.05, 0) is 30.0 Å². The molecular formula is C10H9ClS2. The van der Waals surface area contributed by atoms with Gasteiger partial charge in [0, 0.05) is 14.5 Å². The maximum atomic E-state index is 5.79. The van der Waals surface area contributed by atoms with Crippen LogP contribution in [0.5, 0.6) is 0 Å². The predicted octanol–water partition coefficient (Wildman–Crippen LogP) is 4.24. The average molecular weight is 229 g/mol. The first kappa shape index (κ1) is 9.38. The molecule has 0 saturated heterocycles. The van der Waals surface area contributed by atoms with Crippen LogP contribution < -0.4 is 0 Å². The molecule has 1 heterocycles. The van der Waals surface area contributed by atoms with Crippen LogP contribution in [0.1, 0.15) is 10.4 Å². The zero-order chi connectivity index (χ0) is 9.42. The minimum Gasteiger partial charge on any atom is -0.142 e. The van der Waals surface area contributed by atoms with Gasteiger partial charge in [-0.1, -0.05) is 6.07 Å². The fourth-order valence-corrected chi connectivity index (χ4v) is 2.93. The zero-order valence-electron chi connectivity index (χ0n) is 7.17. The molecular weight excluding hydrogens is 220 g/mol. The second-order valence-electron chi connectivity index (χ2n) is 2.99. The van der Waals surface area contributed by atoms with Crippen LogP contribution >= 0.6 is 35.6 Å². The molecule has 13 heavy (non-hydrogen) atoms. The highest BCUT2D eigenvalue weighted by Gasteiger charge is 2.05. The summed E-state index contributed by atoms with van der Waals surface area (Å²) in [5.74, 6) is 0.589. The van der Waals surface area contributed by atoms with E-state index in [1.54, 1.807) is 11.3 Å². The minimum absolute atomic E-state index is 0.589. The molecule has 0 aliphatic rings. The number of hydrogen-bond acceptors (Lipinski definition) is 2. The molecule has 0 fully saturated rings. The molecule has 2 aromatic rings. The van der Waals surface area contributed by atoms with E-state index in [9.17, 15) is 0 Å². The number of benzene rings is 1. The summed E-state index contributed by atoms with van der Waals surface area (Å²) < 4.78 is 1.25. The van der Waals surface area contributed by atoms with Crippen LogP contribution in [0, 0.1) is 6.92 Å². The molecule has 0 N–H and O–H groups in total. The Hall–Kier alpha value is -0.180. The van der Waals surface area contributed by atoms with Crippen molar-refractivity contribution < 1.29 is 0 Å². The van der Waals surface area contributed by atoms with Gasteiger partial charge in [0.15, 0.2) is 0 Å². The number of fused-ring (bicyclic) bond motifs is 1. The van der Waals surface area contributed by atoms with Gasteiger partial charge in [0.2, 0.25) is 0 Å². The number of aryl methyl sites for hydroxylation is 1. The molecule has 0 spiro atoms. The van der Waals surface area contributed by atoms with Gasteiger partial charge in [0.05, 0.1) is 5.88 Å². The standard InChI is InChI=1S/C10H9ClS2/c1-6-2-3-9(12)10-8(6)4-7(5-11)13-10/h2-4,12H,5H2,1H3.